The van der Waals surface area contributed by atoms with Gasteiger partial charge in [0.1, 0.15) is 0 Å². The molecule has 144 valence electrons. The van der Waals surface area contributed by atoms with Gasteiger partial charge in [-0.15, -0.1) is 0 Å². The lowest BCUT2D eigenvalue weighted by Crippen LogP contribution is -2.21. The van der Waals surface area contributed by atoms with E-state index in [-0.39, 0.29) is 6.61 Å². The van der Waals surface area contributed by atoms with E-state index < -0.39 is 11.9 Å². The van der Waals surface area contributed by atoms with Gasteiger partial charge in [0.25, 0.3) is 5.91 Å². The third kappa shape index (κ3) is 3.80. The molecule has 0 unspecified atom stereocenters. The first-order chi connectivity index (χ1) is 14.0. The van der Waals surface area contributed by atoms with Crippen LogP contribution in [0.1, 0.15) is 15.9 Å². The number of benzene rings is 4. The van der Waals surface area contributed by atoms with Crippen molar-refractivity contribution >= 4 is 50.7 Å². The fourth-order valence-corrected chi connectivity index (χ4v) is 3.54. The number of fused-ring (bicyclic) bond motifs is 2. The van der Waals surface area contributed by atoms with E-state index in [2.05, 4.69) is 5.32 Å². The number of ether oxygens (including phenoxy) is 1. The lowest BCUT2D eigenvalue weighted by Gasteiger charge is -2.12. The quantitative estimate of drug-likeness (QED) is 0.348. The Hall–Kier alpha value is -3.37. The van der Waals surface area contributed by atoms with E-state index in [1.165, 1.54) is 0 Å². The Bertz CT molecular complexity index is 1200. The van der Waals surface area contributed by atoms with Crippen molar-refractivity contribution in [2.45, 2.75) is 6.92 Å². The summed E-state index contributed by atoms with van der Waals surface area (Å²) in [6, 6.07) is 22.6. The molecule has 4 aromatic rings. The summed E-state index contributed by atoms with van der Waals surface area (Å²) in [5.41, 5.74) is 1.81. The largest absolute Gasteiger partial charge is 0.452 e. The van der Waals surface area contributed by atoms with Crippen molar-refractivity contribution in [3.8, 4) is 0 Å². The zero-order chi connectivity index (χ0) is 20.4. The lowest BCUT2D eigenvalue weighted by molar-refractivity contribution is -0.119. The number of carbonyl (C=O) groups excluding carboxylic acids is 2. The van der Waals surface area contributed by atoms with Crippen molar-refractivity contribution in [3.63, 3.8) is 0 Å². The molecule has 29 heavy (non-hydrogen) atoms. The highest BCUT2D eigenvalue weighted by Gasteiger charge is 2.17. The topological polar surface area (TPSA) is 55.4 Å². The van der Waals surface area contributed by atoms with Crippen LogP contribution in [0.4, 0.5) is 5.69 Å². The maximum Gasteiger partial charge on any atom is 0.339 e. The molecule has 0 aromatic heterocycles. The minimum absolute atomic E-state index is 0.387. The Kier molecular flexibility index (Phi) is 5.19. The van der Waals surface area contributed by atoms with E-state index in [0.717, 1.165) is 27.1 Å². The van der Waals surface area contributed by atoms with E-state index in [1.807, 2.05) is 61.5 Å². The van der Waals surface area contributed by atoms with Crippen LogP contribution in [0, 0.1) is 6.92 Å². The minimum atomic E-state index is -0.532. The minimum Gasteiger partial charge on any atom is -0.452 e. The molecule has 0 bridgehead atoms. The lowest BCUT2D eigenvalue weighted by atomic mass is 9.97. The second kappa shape index (κ2) is 7.94. The molecule has 1 amide bonds. The Labute approximate surface area is 173 Å². The Morgan fingerprint density at radius 1 is 0.897 bits per heavy atom. The number of hydrogen-bond donors (Lipinski definition) is 1. The first kappa shape index (κ1) is 19.0. The number of amides is 1. The Morgan fingerprint density at radius 2 is 1.52 bits per heavy atom. The standard InChI is InChI=1S/C24H18ClNO3/c1-15-20(25)11-6-12-21(15)26-22(27)14-29-24(28)23-18-9-4-2-7-16(18)13-17-8-3-5-10-19(17)23/h2-13H,14H2,1H3,(H,26,27). The van der Waals surface area contributed by atoms with E-state index in [1.54, 1.807) is 18.2 Å². The van der Waals surface area contributed by atoms with Gasteiger partial charge in [-0.05, 0) is 52.2 Å². The molecule has 0 saturated heterocycles. The third-order valence-corrected chi connectivity index (χ3v) is 5.26. The predicted molar refractivity (Wildman–Crippen MR) is 117 cm³/mol. The molecule has 4 nitrogen and oxygen atoms in total. The second-order valence-corrected chi connectivity index (χ2v) is 7.14. The van der Waals surface area contributed by atoms with Crippen LogP contribution < -0.4 is 5.32 Å². The molecule has 0 aliphatic rings. The number of carbonyl (C=O) groups is 2. The number of rotatable bonds is 4. The zero-order valence-corrected chi connectivity index (χ0v) is 16.5. The summed E-state index contributed by atoms with van der Waals surface area (Å²) in [5.74, 6) is -0.954. The molecule has 4 rings (SSSR count). The summed E-state index contributed by atoms with van der Waals surface area (Å²) in [5, 5.41) is 6.76. The summed E-state index contributed by atoms with van der Waals surface area (Å²) in [6.45, 7) is 1.43. The van der Waals surface area contributed by atoms with E-state index in [0.29, 0.717) is 16.3 Å². The molecule has 0 fully saturated rings. The molecule has 0 saturated carbocycles. The van der Waals surface area contributed by atoms with Gasteiger partial charge < -0.3 is 10.1 Å². The Balaban J connectivity index is 1.59. The number of hydrogen-bond acceptors (Lipinski definition) is 3. The average molecular weight is 404 g/mol. The van der Waals surface area contributed by atoms with Crippen LogP contribution in [-0.2, 0) is 9.53 Å². The number of esters is 1. The number of anilines is 1. The van der Waals surface area contributed by atoms with Crippen LogP contribution in [-0.4, -0.2) is 18.5 Å². The van der Waals surface area contributed by atoms with Gasteiger partial charge in [-0.1, -0.05) is 66.2 Å². The van der Waals surface area contributed by atoms with Crippen LogP contribution in [0.15, 0.2) is 72.8 Å². The van der Waals surface area contributed by atoms with Crippen molar-refractivity contribution in [2.75, 3.05) is 11.9 Å². The molecule has 1 N–H and O–H groups in total. The van der Waals surface area contributed by atoms with Gasteiger partial charge >= 0.3 is 5.97 Å². The molecule has 4 aromatic carbocycles. The van der Waals surface area contributed by atoms with Gasteiger partial charge in [-0.2, -0.15) is 0 Å². The molecule has 0 aliphatic heterocycles. The van der Waals surface area contributed by atoms with Gasteiger partial charge in [0.2, 0.25) is 0 Å². The molecule has 0 heterocycles. The fraction of sp³-hybridized carbons (Fsp3) is 0.0833. The van der Waals surface area contributed by atoms with Gasteiger partial charge in [0.05, 0.1) is 5.56 Å². The fourth-order valence-electron chi connectivity index (χ4n) is 3.37. The summed E-state index contributed by atoms with van der Waals surface area (Å²) >= 11 is 6.08. The first-order valence-electron chi connectivity index (χ1n) is 9.17. The number of halogens is 1. The molecular weight excluding hydrogens is 386 g/mol. The maximum absolute atomic E-state index is 12.9. The van der Waals surface area contributed by atoms with Crippen LogP contribution in [0.5, 0.6) is 0 Å². The smallest absolute Gasteiger partial charge is 0.339 e. The number of nitrogens with one attached hydrogen (secondary N) is 1. The monoisotopic (exact) mass is 403 g/mol. The molecular formula is C24H18ClNO3. The molecule has 0 radical (unpaired) electrons. The Morgan fingerprint density at radius 3 is 2.17 bits per heavy atom. The third-order valence-electron chi connectivity index (χ3n) is 4.85. The van der Waals surface area contributed by atoms with Gasteiger partial charge in [0, 0.05) is 10.7 Å². The van der Waals surface area contributed by atoms with Crippen molar-refractivity contribution in [2.24, 2.45) is 0 Å². The first-order valence-corrected chi connectivity index (χ1v) is 9.55. The highest BCUT2D eigenvalue weighted by Crippen LogP contribution is 2.29. The summed E-state index contributed by atoms with van der Waals surface area (Å²) in [4.78, 5) is 25.2. The normalized spacial score (nSPS) is 10.8. The summed E-state index contributed by atoms with van der Waals surface area (Å²) < 4.78 is 5.36. The van der Waals surface area contributed by atoms with Crippen LogP contribution in [0.2, 0.25) is 5.02 Å². The van der Waals surface area contributed by atoms with Crippen LogP contribution >= 0.6 is 11.6 Å². The molecule has 5 heteroatoms. The average Bonchev–Trinajstić information content (AvgIpc) is 2.73. The molecule has 0 aliphatic carbocycles. The SMILES string of the molecule is Cc1c(Cl)cccc1NC(=O)COC(=O)c1c2ccccc2cc2ccccc12. The highest BCUT2D eigenvalue weighted by molar-refractivity contribution is 6.31. The van der Waals surface area contributed by atoms with Crippen LogP contribution in [0.25, 0.3) is 21.5 Å². The van der Waals surface area contributed by atoms with Crippen molar-refractivity contribution in [3.05, 3.63) is 88.9 Å². The van der Waals surface area contributed by atoms with E-state index in [9.17, 15) is 9.59 Å². The van der Waals surface area contributed by atoms with Crippen molar-refractivity contribution in [1.29, 1.82) is 0 Å². The highest BCUT2D eigenvalue weighted by atomic mass is 35.5. The second-order valence-electron chi connectivity index (χ2n) is 6.73. The predicted octanol–water partition coefficient (Wildman–Crippen LogP) is 5.75. The van der Waals surface area contributed by atoms with Crippen molar-refractivity contribution < 1.29 is 14.3 Å². The summed E-state index contributed by atoms with van der Waals surface area (Å²) in [6.07, 6.45) is 0. The van der Waals surface area contributed by atoms with Crippen molar-refractivity contribution in [1.82, 2.24) is 0 Å². The molecule has 0 atom stereocenters. The molecule has 0 spiro atoms. The van der Waals surface area contributed by atoms with E-state index >= 15 is 0 Å². The van der Waals surface area contributed by atoms with Gasteiger partial charge in [-0.25, -0.2) is 4.79 Å². The van der Waals surface area contributed by atoms with Crippen LogP contribution in [0.3, 0.4) is 0 Å². The maximum atomic E-state index is 12.9. The van der Waals surface area contributed by atoms with E-state index in [4.69, 9.17) is 16.3 Å². The van der Waals surface area contributed by atoms with Gasteiger partial charge in [-0.3, -0.25) is 4.79 Å². The summed E-state index contributed by atoms with van der Waals surface area (Å²) in [7, 11) is 0. The van der Waals surface area contributed by atoms with Gasteiger partial charge in [0.15, 0.2) is 6.61 Å². The zero-order valence-electron chi connectivity index (χ0n) is 15.7.